The summed E-state index contributed by atoms with van der Waals surface area (Å²) >= 11 is 0. The summed E-state index contributed by atoms with van der Waals surface area (Å²) in [7, 11) is -2.07. The van der Waals surface area contributed by atoms with Crippen LogP contribution in [0.4, 0.5) is 0 Å². The molecule has 0 unspecified atom stereocenters. The summed E-state index contributed by atoms with van der Waals surface area (Å²) in [6, 6.07) is 21.6. The molecule has 1 aliphatic heterocycles. The molecule has 2 heteroatoms. The normalized spacial score (nSPS) is 23.1. The Morgan fingerprint density at radius 2 is 1.13 bits per heavy atom. The van der Waals surface area contributed by atoms with Gasteiger partial charge in [0.2, 0.25) is 8.32 Å². The van der Waals surface area contributed by atoms with Gasteiger partial charge in [-0.3, -0.25) is 0 Å². The smallest absolute Gasteiger partial charge is 0.212 e. The lowest BCUT2D eigenvalue weighted by atomic mass is 10.1. The van der Waals surface area contributed by atoms with Gasteiger partial charge in [0.25, 0.3) is 0 Å². The molecule has 2 atom stereocenters. The van der Waals surface area contributed by atoms with Crippen LogP contribution in [0.15, 0.2) is 72.8 Å². The van der Waals surface area contributed by atoms with Crippen LogP contribution in [0.3, 0.4) is 0 Å². The van der Waals surface area contributed by atoms with Crippen LogP contribution >= 0.6 is 0 Å². The minimum atomic E-state index is -2.07. The molecular formula is C21H26OSi. The van der Waals surface area contributed by atoms with Gasteiger partial charge in [0.1, 0.15) is 0 Å². The van der Waals surface area contributed by atoms with E-state index in [9.17, 15) is 0 Å². The molecule has 0 bridgehead atoms. The van der Waals surface area contributed by atoms with Crippen LogP contribution in [-0.2, 0) is 4.43 Å². The highest BCUT2D eigenvalue weighted by molar-refractivity contribution is 6.77. The Labute approximate surface area is 141 Å². The highest BCUT2D eigenvalue weighted by Crippen LogP contribution is 2.47. The van der Waals surface area contributed by atoms with Crippen LogP contribution in [0.1, 0.15) is 43.0 Å². The van der Waals surface area contributed by atoms with Gasteiger partial charge in [-0.15, -0.1) is 0 Å². The second-order valence-corrected chi connectivity index (χ2v) is 11.4. The molecule has 0 saturated heterocycles. The first-order valence-electron chi connectivity index (χ1n) is 8.38. The Balaban J connectivity index is 2.03. The third-order valence-electron chi connectivity index (χ3n) is 4.57. The number of benzene rings is 2. The maximum absolute atomic E-state index is 6.80. The van der Waals surface area contributed by atoms with Gasteiger partial charge in [-0.25, -0.2) is 0 Å². The lowest BCUT2D eigenvalue weighted by molar-refractivity contribution is 0.114. The fourth-order valence-corrected chi connectivity index (χ4v) is 8.44. The molecule has 0 fully saturated rings. The van der Waals surface area contributed by atoms with E-state index in [0.717, 1.165) is 0 Å². The number of hydrogen-bond acceptors (Lipinski definition) is 1. The maximum atomic E-state index is 6.80. The van der Waals surface area contributed by atoms with Gasteiger partial charge in [-0.05, 0) is 38.4 Å². The van der Waals surface area contributed by atoms with E-state index in [2.05, 4.69) is 100 Å². The van der Waals surface area contributed by atoms with Gasteiger partial charge in [0.05, 0.1) is 0 Å². The topological polar surface area (TPSA) is 9.23 Å². The highest BCUT2D eigenvalue weighted by atomic mass is 28.4. The van der Waals surface area contributed by atoms with Crippen molar-refractivity contribution in [2.75, 3.05) is 0 Å². The summed E-state index contributed by atoms with van der Waals surface area (Å²) in [6.45, 7) is 8.92. The number of hydrogen-bond donors (Lipinski definition) is 0. The van der Waals surface area contributed by atoms with Crippen molar-refractivity contribution in [2.45, 2.75) is 44.0 Å². The predicted octanol–water partition coefficient (Wildman–Crippen LogP) is 5.59. The zero-order valence-electron chi connectivity index (χ0n) is 14.5. The molecule has 0 spiro atoms. The van der Waals surface area contributed by atoms with E-state index in [1.165, 1.54) is 11.1 Å². The standard InChI is InChI=1S/C21H26OSi/c1-21(2,3)22-23(4)19(17-11-7-5-8-12-17)15-16-20(23)18-13-9-6-10-14-18/h5-16,19-20H,1-4H3/t19-,20-/m0/s1. The van der Waals surface area contributed by atoms with E-state index in [1.54, 1.807) is 0 Å². The van der Waals surface area contributed by atoms with Crippen LogP contribution < -0.4 is 0 Å². The molecule has 23 heavy (non-hydrogen) atoms. The highest BCUT2D eigenvalue weighted by Gasteiger charge is 2.50. The quantitative estimate of drug-likeness (QED) is 0.528. The molecule has 1 heterocycles. The number of allylic oxidation sites excluding steroid dienone is 2. The molecule has 2 aromatic carbocycles. The van der Waals surface area contributed by atoms with Crippen molar-refractivity contribution in [3.63, 3.8) is 0 Å². The van der Waals surface area contributed by atoms with Gasteiger partial charge in [-0.2, -0.15) is 0 Å². The largest absolute Gasteiger partial charge is 0.411 e. The molecule has 1 nitrogen and oxygen atoms in total. The lowest BCUT2D eigenvalue weighted by Gasteiger charge is -2.40. The van der Waals surface area contributed by atoms with Crippen LogP contribution in [0, 0.1) is 0 Å². The van der Waals surface area contributed by atoms with Crippen molar-refractivity contribution >= 4 is 8.32 Å². The second-order valence-electron chi connectivity index (χ2n) is 7.56. The fraction of sp³-hybridized carbons (Fsp3) is 0.333. The van der Waals surface area contributed by atoms with E-state index < -0.39 is 8.32 Å². The SMILES string of the molecule is CC(C)(C)O[Si]1(C)[C@H](c2ccccc2)C=C[C@H]1c1ccccc1. The van der Waals surface area contributed by atoms with Crippen LogP contribution in [0.25, 0.3) is 0 Å². The van der Waals surface area contributed by atoms with Gasteiger partial charge in [0, 0.05) is 16.7 Å². The van der Waals surface area contributed by atoms with E-state index in [-0.39, 0.29) is 5.60 Å². The molecule has 120 valence electrons. The summed E-state index contributed by atoms with van der Waals surface area (Å²) in [5.74, 6) is 0. The van der Waals surface area contributed by atoms with Crippen molar-refractivity contribution in [1.82, 2.24) is 0 Å². The lowest BCUT2D eigenvalue weighted by Crippen LogP contribution is -2.49. The predicted molar refractivity (Wildman–Crippen MR) is 100.0 cm³/mol. The Bertz CT molecular complexity index is 620. The summed E-state index contributed by atoms with van der Waals surface area (Å²) in [6.07, 6.45) is 4.76. The molecule has 0 saturated carbocycles. The van der Waals surface area contributed by atoms with E-state index >= 15 is 0 Å². The maximum Gasteiger partial charge on any atom is 0.212 e. The molecule has 1 aliphatic rings. The van der Waals surface area contributed by atoms with Crippen molar-refractivity contribution in [1.29, 1.82) is 0 Å². The van der Waals surface area contributed by atoms with Crippen molar-refractivity contribution in [3.8, 4) is 0 Å². The molecule has 0 amide bonds. The van der Waals surface area contributed by atoms with Crippen LogP contribution in [0.5, 0.6) is 0 Å². The second kappa shape index (κ2) is 6.10. The van der Waals surface area contributed by atoms with Crippen LogP contribution in [-0.4, -0.2) is 13.9 Å². The molecule has 2 aromatic rings. The van der Waals surface area contributed by atoms with E-state index in [1.807, 2.05) is 0 Å². The average Bonchev–Trinajstić information content (AvgIpc) is 2.83. The minimum absolute atomic E-state index is 0.132. The Hall–Kier alpha value is -1.64. The first-order valence-corrected chi connectivity index (χ1v) is 10.9. The molecular weight excluding hydrogens is 296 g/mol. The molecule has 3 rings (SSSR count). The monoisotopic (exact) mass is 322 g/mol. The van der Waals surface area contributed by atoms with Gasteiger partial charge in [-0.1, -0.05) is 72.8 Å². The molecule has 0 N–H and O–H groups in total. The van der Waals surface area contributed by atoms with Crippen molar-refractivity contribution < 1.29 is 4.43 Å². The molecule has 0 radical (unpaired) electrons. The first-order chi connectivity index (χ1) is 10.9. The number of rotatable bonds is 3. The fourth-order valence-electron chi connectivity index (χ4n) is 3.79. The van der Waals surface area contributed by atoms with E-state index in [0.29, 0.717) is 11.1 Å². The van der Waals surface area contributed by atoms with Gasteiger partial charge in [0.15, 0.2) is 0 Å². The first kappa shape index (κ1) is 16.2. The Morgan fingerprint density at radius 3 is 1.48 bits per heavy atom. The van der Waals surface area contributed by atoms with Crippen molar-refractivity contribution in [3.05, 3.63) is 83.9 Å². The third-order valence-corrected chi connectivity index (χ3v) is 9.15. The zero-order chi connectivity index (χ0) is 16.5. The summed E-state index contributed by atoms with van der Waals surface area (Å²) in [5.41, 5.74) is 3.41. The van der Waals surface area contributed by atoms with Gasteiger partial charge >= 0.3 is 0 Å². The minimum Gasteiger partial charge on any atom is -0.411 e. The van der Waals surface area contributed by atoms with E-state index in [4.69, 9.17) is 4.43 Å². The Morgan fingerprint density at radius 1 is 0.739 bits per heavy atom. The molecule has 0 aromatic heterocycles. The average molecular weight is 323 g/mol. The third kappa shape index (κ3) is 3.33. The van der Waals surface area contributed by atoms with Crippen molar-refractivity contribution in [2.24, 2.45) is 0 Å². The van der Waals surface area contributed by atoms with Gasteiger partial charge < -0.3 is 4.43 Å². The van der Waals surface area contributed by atoms with Crippen LogP contribution in [0.2, 0.25) is 6.55 Å². The summed E-state index contributed by atoms with van der Waals surface area (Å²) in [4.78, 5) is 0. The zero-order valence-corrected chi connectivity index (χ0v) is 15.5. The summed E-state index contributed by atoms with van der Waals surface area (Å²) < 4.78 is 6.80. The summed E-state index contributed by atoms with van der Waals surface area (Å²) in [5, 5.41) is 0. The Kier molecular flexibility index (Phi) is 4.30. The molecule has 0 aliphatic carbocycles.